The number of imidazole rings is 1. The summed E-state index contributed by atoms with van der Waals surface area (Å²) in [6.45, 7) is 2.52. The summed E-state index contributed by atoms with van der Waals surface area (Å²) in [4.78, 5) is 26.1. The standard InChI is InChI=1S/C13H15N3O3/c1-2-16-8-15-10-5-9(3-4-11(10)16)6-12(17)14-7-13(18)19/h3-5,8H,2,6-7H2,1H3,(H,14,17)(H,18,19). The second-order valence-corrected chi connectivity index (χ2v) is 4.20. The van der Waals surface area contributed by atoms with Crippen LogP contribution >= 0.6 is 0 Å². The third-order valence-corrected chi connectivity index (χ3v) is 2.83. The summed E-state index contributed by atoms with van der Waals surface area (Å²) >= 11 is 0. The Morgan fingerprint density at radius 1 is 1.42 bits per heavy atom. The van der Waals surface area contributed by atoms with Crippen LogP contribution < -0.4 is 5.32 Å². The fourth-order valence-corrected chi connectivity index (χ4v) is 1.89. The van der Waals surface area contributed by atoms with Gasteiger partial charge in [0.25, 0.3) is 0 Å². The van der Waals surface area contributed by atoms with Gasteiger partial charge in [0.15, 0.2) is 0 Å². The maximum absolute atomic E-state index is 11.5. The molecule has 0 fully saturated rings. The highest BCUT2D eigenvalue weighted by Gasteiger charge is 2.07. The maximum Gasteiger partial charge on any atom is 0.322 e. The highest BCUT2D eigenvalue weighted by Crippen LogP contribution is 2.15. The molecule has 0 saturated heterocycles. The number of nitrogens with zero attached hydrogens (tertiary/aromatic N) is 2. The van der Waals surface area contributed by atoms with Crippen molar-refractivity contribution in [1.29, 1.82) is 0 Å². The van der Waals surface area contributed by atoms with E-state index in [9.17, 15) is 9.59 Å². The number of benzene rings is 1. The molecular formula is C13H15N3O3. The van der Waals surface area contributed by atoms with Crippen molar-refractivity contribution in [2.45, 2.75) is 19.9 Å². The molecule has 0 atom stereocenters. The molecule has 0 aliphatic rings. The Balaban J connectivity index is 2.09. The van der Waals surface area contributed by atoms with Crippen molar-refractivity contribution < 1.29 is 14.7 Å². The van der Waals surface area contributed by atoms with Crippen molar-refractivity contribution in [2.24, 2.45) is 0 Å². The van der Waals surface area contributed by atoms with E-state index in [4.69, 9.17) is 5.11 Å². The number of aliphatic carboxylic acids is 1. The van der Waals surface area contributed by atoms with Gasteiger partial charge in [0.05, 0.1) is 23.8 Å². The predicted molar refractivity (Wildman–Crippen MR) is 69.8 cm³/mol. The highest BCUT2D eigenvalue weighted by atomic mass is 16.4. The third kappa shape index (κ3) is 3.09. The first-order valence-corrected chi connectivity index (χ1v) is 6.02. The molecule has 1 aromatic heterocycles. The van der Waals surface area contributed by atoms with Gasteiger partial charge in [0.1, 0.15) is 6.54 Å². The first-order chi connectivity index (χ1) is 9.10. The lowest BCUT2D eigenvalue weighted by molar-refractivity contribution is -0.137. The van der Waals surface area contributed by atoms with Crippen LogP contribution in [-0.4, -0.2) is 33.1 Å². The molecule has 1 aromatic carbocycles. The van der Waals surface area contributed by atoms with E-state index in [-0.39, 0.29) is 18.9 Å². The molecule has 0 bridgehead atoms. The number of carboxylic acids is 1. The van der Waals surface area contributed by atoms with Crippen LogP contribution in [0.3, 0.4) is 0 Å². The number of amides is 1. The fourth-order valence-electron chi connectivity index (χ4n) is 1.89. The SMILES string of the molecule is CCn1cnc2cc(CC(=O)NCC(=O)O)ccc21. The maximum atomic E-state index is 11.5. The number of carbonyl (C=O) groups excluding carboxylic acids is 1. The van der Waals surface area contributed by atoms with Crippen LogP contribution in [-0.2, 0) is 22.6 Å². The van der Waals surface area contributed by atoms with Gasteiger partial charge in [-0.1, -0.05) is 6.07 Å². The number of rotatable bonds is 5. The summed E-state index contributed by atoms with van der Waals surface area (Å²) in [6.07, 6.45) is 1.92. The molecule has 2 N–H and O–H groups in total. The molecule has 0 spiro atoms. The summed E-state index contributed by atoms with van der Waals surface area (Å²) in [5.41, 5.74) is 2.68. The van der Waals surface area contributed by atoms with Gasteiger partial charge >= 0.3 is 5.97 Å². The van der Waals surface area contributed by atoms with Crippen LogP contribution in [0, 0.1) is 0 Å². The van der Waals surface area contributed by atoms with Crippen LogP contribution in [0.25, 0.3) is 11.0 Å². The van der Waals surface area contributed by atoms with E-state index in [1.807, 2.05) is 29.7 Å². The van der Waals surface area contributed by atoms with Gasteiger partial charge in [-0.15, -0.1) is 0 Å². The molecule has 6 heteroatoms. The van der Waals surface area contributed by atoms with Crippen molar-refractivity contribution >= 4 is 22.9 Å². The molecular weight excluding hydrogens is 246 g/mol. The van der Waals surface area contributed by atoms with Crippen LogP contribution in [0.4, 0.5) is 0 Å². The first-order valence-electron chi connectivity index (χ1n) is 6.02. The summed E-state index contributed by atoms with van der Waals surface area (Å²) in [5, 5.41) is 10.8. The number of aromatic nitrogens is 2. The fraction of sp³-hybridized carbons (Fsp3) is 0.308. The Hall–Kier alpha value is -2.37. The number of hydrogen-bond donors (Lipinski definition) is 2. The quantitative estimate of drug-likeness (QED) is 0.833. The normalized spacial score (nSPS) is 10.6. The molecule has 0 aliphatic carbocycles. The number of aryl methyl sites for hydroxylation is 1. The number of carbonyl (C=O) groups is 2. The minimum atomic E-state index is -1.05. The van der Waals surface area contributed by atoms with Crippen LogP contribution in [0.15, 0.2) is 24.5 Å². The molecule has 0 aliphatic heterocycles. The molecule has 2 aromatic rings. The predicted octanol–water partition coefficient (Wildman–Crippen LogP) is 0.799. The lowest BCUT2D eigenvalue weighted by Gasteiger charge is -2.03. The van der Waals surface area contributed by atoms with Gasteiger partial charge < -0.3 is 15.0 Å². The largest absolute Gasteiger partial charge is 0.480 e. The van der Waals surface area contributed by atoms with E-state index in [2.05, 4.69) is 10.3 Å². The van der Waals surface area contributed by atoms with Crippen molar-refractivity contribution in [3.8, 4) is 0 Å². The Labute approximate surface area is 110 Å². The zero-order chi connectivity index (χ0) is 13.8. The Morgan fingerprint density at radius 3 is 2.89 bits per heavy atom. The Bertz CT molecular complexity index is 619. The van der Waals surface area contributed by atoms with E-state index in [1.54, 1.807) is 6.33 Å². The second kappa shape index (κ2) is 5.51. The van der Waals surface area contributed by atoms with Gasteiger partial charge in [0.2, 0.25) is 5.91 Å². The van der Waals surface area contributed by atoms with Crippen LogP contribution in [0.1, 0.15) is 12.5 Å². The van der Waals surface area contributed by atoms with Gasteiger partial charge in [-0.05, 0) is 24.6 Å². The minimum absolute atomic E-state index is 0.155. The van der Waals surface area contributed by atoms with Gasteiger partial charge in [0, 0.05) is 6.54 Å². The molecule has 1 amide bonds. The second-order valence-electron chi connectivity index (χ2n) is 4.20. The summed E-state index contributed by atoms with van der Waals surface area (Å²) in [6, 6.07) is 5.63. The molecule has 2 rings (SSSR count). The van der Waals surface area contributed by atoms with Gasteiger partial charge in [-0.3, -0.25) is 9.59 Å². The van der Waals surface area contributed by atoms with E-state index in [1.165, 1.54) is 0 Å². The molecule has 19 heavy (non-hydrogen) atoms. The number of nitrogens with one attached hydrogen (secondary N) is 1. The first kappa shape index (κ1) is 13.1. The Kier molecular flexibility index (Phi) is 3.79. The Morgan fingerprint density at radius 2 is 2.21 bits per heavy atom. The van der Waals surface area contributed by atoms with Crippen LogP contribution in [0.5, 0.6) is 0 Å². The van der Waals surface area contributed by atoms with Crippen molar-refractivity contribution in [2.75, 3.05) is 6.54 Å². The van der Waals surface area contributed by atoms with E-state index < -0.39 is 5.97 Å². The number of fused-ring (bicyclic) bond motifs is 1. The third-order valence-electron chi connectivity index (χ3n) is 2.83. The van der Waals surface area contributed by atoms with Crippen molar-refractivity contribution in [3.05, 3.63) is 30.1 Å². The average molecular weight is 261 g/mol. The number of hydrogen-bond acceptors (Lipinski definition) is 3. The topological polar surface area (TPSA) is 84.2 Å². The van der Waals surface area contributed by atoms with E-state index >= 15 is 0 Å². The lowest BCUT2D eigenvalue weighted by atomic mass is 10.1. The summed E-state index contributed by atoms with van der Waals surface area (Å²) < 4.78 is 2.02. The molecule has 1 heterocycles. The van der Waals surface area contributed by atoms with E-state index in [0.29, 0.717) is 0 Å². The van der Waals surface area contributed by atoms with Crippen LogP contribution in [0.2, 0.25) is 0 Å². The molecule has 0 radical (unpaired) electrons. The summed E-state index contributed by atoms with van der Waals surface area (Å²) in [5.74, 6) is -1.36. The monoisotopic (exact) mass is 261 g/mol. The van der Waals surface area contributed by atoms with Crippen molar-refractivity contribution in [3.63, 3.8) is 0 Å². The lowest BCUT2D eigenvalue weighted by Crippen LogP contribution is -2.30. The molecule has 100 valence electrons. The smallest absolute Gasteiger partial charge is 0.322 e. The number of carboxylic acid groups (broad SMARTS) is 1. The van der Waals surface area contributed by atoms with E-state index in [0.717, 1.165) is 23.1 Å². The van der Waals surface area contributed by atoms with Gasteiger partial charge in [-0.25, -0.2) is 4.98 Å². The molecule has 0 saturated carbocycles. The summed E-state index contributed by atoms with van der Waals surface area (Å²) in [7, 11) is 0. The average Bonchev–Trinajstić information content (AvgIpc) is 2.78. The zero-order valence-electron chi connectivity index (χ0n) is 10.6. The van der Waals surface area contributed by atoms with Gasteiger partial charge in [-0.2, -0.15) is 0 Å². The zero-order valence-corrected chi connectivity index (χ0v) is 10.6. The molecule has 0 unspecified atom stereocenters. The molecule has 6 nitrogen and oxygen atoms in total. The highest BCUT2D eigenvalue weighted by molar-refractivity contribution is 5.84. The minimum Gasteiger partial charge on any atom is -0.480 e. The van der Waals surface area contributed by atoms with Crippen molar-refractivity contribution in [1.82, 2.24) is 14.9 Å².